The lowest BCUT2D eigenvalue weighted by molar-refractivity contribution is 0.739. The third-order valence-corrected chi connectivity index (χ3v) is 8.06. The number of hydrogen-bond acceptors (Lipinski definition) is 3. The Morgan fingerprint density at radius 2 is 1.38 bits per heavy atom. The molecular weight excluding hydrogens is 488 g/mol. The van der Waals surface area contributed by atoms with E-state index in [1.54, 1.807) is 6.20 Å². The van der Waals surface area contributed by atoms with Crippen LogP contribution in [-0.4, -0.2) is 19.5 Å². The summed E-state index contributed by atoms with van der Waals surface area (Å²) in [5.41, 5.74) is 9.54. The molecule has 1 aliphatic carbocycles. The molecule has 0 spiro atoms. The SMILES string of the molecule is c1ccc(C2(c3ccccc3)c3ccccc3-c3c2ncc2c3ccn2-c2cccc(-c3cccnc3)n2)cc1. The maximum atomic E-state index is 5.29. The van der Waals surface area contributed by atoms with Gasteiger partial charge < -0.3 is 0 Å². The van der Waals surface area contributed by atoms with E-state index in [1.807, 2.05) is 42.7 Å². The van der Waals surface area contributed by atoms with Gasteiger partial charge in [-0.25, -0.2) is 4.98 Å². The zero-order valence-corrected chi connectivity index (χ0v) is 21.6. The van der Waals surface area contributed by atoms with Crippen molar-refractivity contribution >= 4 is 10.9 Å². The summed E-state index contributed by atoms with van der Waals surface area (Å²) in [6.07, 6.45) is 7.74. The average Bonchev–Trinajstić information content (AvgIpc) is 3.60. The minimum absolute atomic E-state index is 0.511. The van der Waals surface area contributed by atoms with Gasteiger partial charge in [0, 0.05) is 35.1 Å². The summed E-state index contributed by atoms with van der Waals surface area (Å²) in [7, 11) is 0. The molecule has 3 aromatic carbocycles. The van der Waals surface area contributed by atoms with Crippen LogP contribution in [0.5, 0.6) is 0 Å². The van der Waals surface area contributed by atoms with E-state index in [0.717, 1.165) is 28.3 Å². The monoisotopic (exact) mass is 512 g/mol. The number of rotatable bonds is 4. The van der Waals surface area contributed by atoms with Gasteiger partial charge in [-0.2, -0.15) is 0 Å². The second-order valence-corrected chi connectivity index (χ2v) is 10.1. The number of fused-ring (bicyclic) bond motifs is 5. The standard InChI is InChI=1S/C36H24N4/c1-3-12-26(13-4-1)36(27-14-5-2-6-15-27)30-17-8-7-16-28(30)34-29-20-22-40(32(29)24-38-35(34)36)33-19-9-18-31(39-33)25-11-10-21-37-23-25/h1-24H. The average molecular weight is 513 g/mol. The number of hydrogen-bond donors (Lipinski definition) is 0. The number of benzene rings is 3. The largest absolute Gasteiger partial charge is 0.300 e. The molecule has 8 rings (SSSR count). The summed E-state index contributed by atoms with van der Waals surface area (Å²) >= 11 is 0. The first-order valence-corrected chi connectivity index (χ1v) is 13.4. The third kappa shape index (κ3) is 3.17. The van der Waals surface area contributed by atoms with Gasteiger partial charge in [0.2, 0.25) is 0 Å². The van der Waals surface area contributed by atoms with Crippen LogP contribution in [0.15, 0.2) is 146 Å². The van der Waals surface area contributed by atoms with Gasteiger partial charge in [-0.3, -0.25) is 14.5 Å². The first-order valence-electron chi connectivity index (χ1n) is 13.4. The molecule has 0 aliphatic heterocycles. The van der Waals surface area contributed by atoms with Crippen molar-refractivity contribution in [3.63, 3.8) is 0 Å². The van der Waals surface area contributed by atoms with Gasteiger partial charge >= 0.3 is 0 Å². The first kappa shape index (κ1) is 22.6. The minimum atomic E-state index is -0.511. The van der Waals surface area contributed by atoms with Gasteiger partial charge in [-0.15, -0.1) is 0 Å². The predicted octanol–water partition coefficient (Wildman–Crippen LogP) is 7.85. The quantitative estimate of drug-likeness (QED) is 0.241. The molecule has 0 fully saturated rings. The molecule has 4 aromatic heterocycles. The Hall–Kier alpha value is -5.35. The maximum absolute atomic E-state index is 5.29. The molecule has 1 aliphatic rings. The molecule has 0 N–H and O–H groups in total. The summed E-state index contributed by atoms with van der Waals surface area (Å²) in [4.78, 5) is 14.6. The van der Waals surface area contributed by atoms with Crippen molar-refractivity contribution < 1.29 is 0 Å². The highest BCUT2D eigenvalue weighted by Crippen LogP contribution is 2.56. The van der Waals surface area contributed by atoms with Gasteiger partial charge in [-0.1, -0.05) is 91.0 Å². The van der Waals surface area contributed by atoms with E-state index in [4.69, 9.17) is 9.97 Å². The van der Waals surface area contributed by atoms with Gasteiger partial charge in [0.05, 0.1) is 28.5 Å². The van der Waals surface area contributed by atoms with Crippen molar-refractivity contribution in [2.24, 2.45) is 0 Å². The van der Waals surface area contributed by atoms with Gasteiger partial charge in [-0.05, 0) is 52.6 Å². The molecular formula is C36H24N4. The molecule has 0 saturated carbocycles. The van der Waals surface area contributed by atoms with Crippen LogP contribution < -0.4 is 0 Å². The van der Waals surface area contributed by atoms with E-state index in [2.05, 4.69) is 107 Å². The summed E-state index contributed by atoms with van der Waals surface area (Å²) in [6, 6.07) is 42.6. The lowest BCUT2D eigenvalue weighted by atomic mass is 9.69. The first-order chi connectivity index (χ1) is 19.9. The highest BCUT2D eigenvalue weighted by atomic mass is 15.1. The fourth-order valence-corrected chi connectivity index (χ4v) is 6.38. The highest BCUT2D eigenvalue weighted by Gasteiger charge is 2.48. The van der Waals surface area contributed by atoms with Crippen LogP contribution in [-0.2, 0) is 5.41 Å². The van der Waals surface area contributed by atoms with Crippen molar-refractivity contribution in [3.8, 4) is 28.2 Å². The summed E-state index contributed by atoms with van der Waals surface area (Å²) in [6.45, 7) is 0. The fraction of sp³-hybridized carbons (Fsp3) is 0.0278. The van der Waals surface area contributed by atoms with Crippen LogP contribution in [0.3, 0.4) is 0 Å². The molecule has 0 saturated heterocycles. The van der Waals surface area contributed by atoms with E-state index >= 15 is 0 Å². The Morgan fingerprint density at radius 3 is 2.12 bits per heavy atom. The third-order valence-electron chi connectivity index (χ3n) is 8.06. The second kappa shape index (κ2) is 8.85. The Morgan fingerprint density at radius 1 is 0.625 bits per heavy atom. The van der Waals surface area contributed by atoms with Gasteiger partial charge in [0.15, 0.2) is 0 Å². The molecule has 4 heterocycles. The van der Waals surface area contributed by atoms with Crippen LogP contribution in [0.4, 0.5) is 0 Å². The van der Waals surface area contributed by atoms with Crippen LogP contribution in [0.25, 0.3) is 39.1 Å². The van der Waals surface area contributed by atoms with Crippen molar-refractivity contribution in [3.05, 3.63) is 168 Å². The van der Waals surface area contributed by atoms with E-state index in [1.165, 1.54) is 33.2 Å². The van der Waals surface area contributed by atoms with Crippen molar-refractivity contribution in [1.29, 1.82) is 0 Å². The molecule has 188 valence electrons. The van der Waals surface area contributed by atoms with Gasteiger partial charge in [0.1, 0.15) is 5.82 Å². The maximum Gasteiger partial charge on any atom is 0.137 e. The van der Waals surface area contributed by atoms with Gasteiger partial charge in [0.25, 0.3) is 0 Å². The lowest BCUT2D eigenvalue weighted by Crippen LogP contribution is -2.29. The molecule has 0 unspecified atom stereocenters. The summed E-state index contributed by atoms with van der Waals surface area (Å²) < 4.78 is 2.14. The smallest absolute Gasteiger partial charge is 0.137 e. The highest BCUT2D eigenvalue weighted by molar-refractivity contribution is 6.02. The van der Waals surface area contributed by atoms with E-state index < -0.39 is 5.41 Å². The normalized spacial score (nSPS) is 13.2. The number of nitrogens with zero attached hydrogens (tertiary/aromatic N) is 4. The van der Waals surface area contributed by atoms with Crippen molar-refractivity contribution in [2.75, 3.05) is 0 Å². The Bertz CT molecular complexity index is 1950. The molecule has 0 bridgehead atoms. The van der Waals surface area contributed by atoms with Crippen LogP contribution in [0, 0.1) is 0 Å². The van der Waals surface area contributed by atoms with E-state index in [-0.39, 0.29) is 0 Å². The lowest BCUT2D eigenvalue weighted by Gasteiger charge is -2.32. The van der Waals surface area contributed by atoms with Crippen LogP contribution in [0.1, 0.15) is 22.4 Å². The number of aromatic nitrogens is 4. The van der Waals surface area contributed by atoms with Crippen molar-refractivity contribution in [2.45, 2.75) is 5.41 Å². The van der Waals surface area contributed by atoms with E-state index in [0.29, 0.717) is 0 Å². The van der Waals surface area contributed by atoms with Crippen LogP contribution >= 0.6 is 0 Å². The summed E-state index contributed by atoms with van der Waals surface area (Å²) in [5.74, 6) is 0.849. The Kier molecular flexibility index (Phi) is 5.01. The predicted molar refractivity (Wildman–Crippen MR) is 159 cm³/mol. The zero-order chi connectivity index (χ0) is 26.5. The van der Waals surface area contributed by atoms with E-state index in [9.17, 15) is 0 Å². The van der Waals surface area contributed by atoms with Crippen LogP contribution in [0.2, 0.25) is 0 Å². The van der Waals surface area contributed by atoms with Crippen molar-refractivity contribution in [1.82, 2.24) is 19.5 Å². The molecule has 0 amide bonds. The molecule has 0 atom stereocenters. The number of pyridine rings is 3. The second-order valence-electron chi connectivity index (χ2n) is 10.1. The Labute approximate surface area is 232 Å². The fourth-order valence-electron chi connectivity index (χ4n) is 6.38. The Balaban J connectivity index is 1.40. The molecule has 7 aromatic rings. The molecule has 4 nitrogen and oxygen atoms in total. The molecule has 0 radical (unpaired) electrons. The molecule has 4 heteroatoms. The molecule has 40 heavy (non-hydrogen) atoms. The topological polar surface area (TPSA) is 43.6 Å². The zero-order valence-electron chi connectivity index (χ0n) is 21.6. The minimum Gasteiger partial charge on any atom is -0.300 e. The summed E-state index contributed by atoms with van der Waals surface area (Å²) in [5, 5.41) is 1.17.